The highest BCUT2D eigenvalue weighted by molar-refractivity contribution is 6.31. The molecule has 0 bridgehead atoms. The normalized spacial score (nSPS) is 17.6. The monoisotopic (exact) mass is 301 g/mol. The fraction of sp³-hybridized carbons (Fsp3) is 0.625. The Balaban J connectivity index is 2.08. The van der Waals surface area contributed by atoms with Gasteiger partial charge >= 0.3 is 0 Å². The molecule has 1 unspecified atom stereocenters. The molecule has 0 saturated heterocycles. The lowest BCUT2D eigenvalue weighted by Crippen LogP contribution is -2.22. The summed E-state index contributed by atoms with van der Waals surface area (Å²) in [5, 5.41) is 3.64. The van der Waals surface area contributed by atoms with Crippen LogP contribution in [0.4, 0.5) is 8.78 Å². The summed E-state index contributed by atoms with van der Waals surface area (Å²) in [6.45, 7) is 2.79. The van der Waals surface area contributed by atoms with Gasteiger partial charge in [-0.2, -0.15) is 0 Å². The average molecular weight is 302 g/mol. The van der Waals surface area contributed by atoms with Crippen molar-refractivity contribution in [1.29, 1.82) is 0 Å². The third kappa shape index (κ3) is 3.92. The lowest BCUT2D eigenvalue weighted by Gasteiger charge is -2.21. The highest BCUT2D eigenvalue weighted by atomic mass is 35.5. The third-order valence-corrected chi connectivity index (χ3v) is 4.53. The maximum absolute atomic E-state index is 13.4. The van der Waals surface area contributed by atoms with Gasteiger partial charge in [0.1, 0.15) is 0 Å². The van der Waals surface area contributed by atoms with Crippen LogP contribution in [0, 0.1) is 17.6 Å². The van der Waals surface area contributed by atoms with E-state index >= 15 is 0 Å². The van der Waals surface area contributed by atoms with E-state index < -0.39 is 11.6 Å². The Labute approximate surface area is 124 Å². The molecule has 1 N–H and O–H groups in total. The second-order valence-corrected chi connectivity index (χ2v) is 6.03. The maximum Gasteiger partial charge on any atom is 0.160 e. The van der Waals surface area contributed by atoms with Crippen LogP contribution >= 0.6 is 11.6 Å². The largest absolute Gasteiger partial charge is 0.310 e. The summed E-state index contributed by atoms with van der Waals surface area (Å²) < 4.78 is 26.6. The number of halogens is 3. The molecule has 0 radical (unpaired) electrons. The summed E-state index contributed by atoms with van der Waals surface area (Å²) in [4.78, 5) is 0. The smallest absolute Gasteiger partial charge is 0.160 e. The van der Waals surface area contributed by atoms with E-state index in [-0.39, 0.29) is 6.04 Å². The molecule has 1 fully saturated rings. The van der Waals surface area contributed by atoms with Gasteiger partial charge in [-0.25, -0.2) is 8.78 Å². The zero-order valence-corrected chi connectivity index (χ0v) is 12.6. The molecular formula is C16H22ClF2N. The van der Waals surface area contributed by atoms with Crippen LogP contribution in [-0.2, 0) is 0 Å². The van der Waals surface area contributed by atoms with Crippen LogP contribution in [0.3, 0.4) is 0 Å². The van der Waals surface area contributed by atoms with Gasteiger partial charge in [-0.05, 0) is 43.0 Å². The second kappa shape index (κ2) is 7.37. The first-order valence-electron chi connectivity index (χ1n) is 7.49. The van der Waals surface area contributed by atoms with Crippen LogP contribution in [0.25, 0.3) is 0 Å². The van der Waals surface area contributed by atoms with E-state index in [1.807, 2.05) is 6.92 Å². The quantitative estimate of drug-likeness (QED) is 0.709. The Morgan fingerprint density at radius 1 is 1.25 bits per heavy atom. The van der Waals surface area contributed by atoms with Crippen LogP contribution in [0.15, 0.2) is 12.1 Å². The molecule has 112 valence electrons. The second-order valence-electron chi connectivity index (χ2n) is 5.63. The van der Waals surface area contributed by atoms with Gasteiger partial charge in [0.05, 0.1) is 0 Å². The molecule has 1 nitrogen and oxygen atoms in total. The lowest BCUT2D eigenvalue weighted by molar-refractivity contribution is 0.414. The van der Waals surface area contributed by atoms with Gasteiger partial charge in [0.15, 0.2) is 11.6 Å². The van der Waals surface area contributed by atoms with Crippen molar-refractivity contribution in [2.45, 2.75) is 51.5 Å². The summed E-state index contributed by atoms with van der Waals surface area (Å²) in [7, 11) is 0. The van der Waals surface area contributed by atoms with Gasteiger partial charge in [0.2, 0.25) is 0 Å². The summed E-state index contributed by atoms with van der Waals surface area (Å²) >= 11 is 6.08. The van der Waals surface area contributed by atoms with Gasteiger partial charge in [-0.3, -0.25) is 0 Å². The minimum atomic E-state index is -0.884. The predicted molar refractivity (Wildman–Crippen MR) is 79.0 cm³/mol. The Bertz CT molecular complexity index is 444. The summed E-state index contributed by atoms with van der Waals surface area (Å²) in [6, 6.07) is 2.31. The van der Waals surface area contributed by atoms with Crippen LogP contribution in [0.1, 0.15) is 57.1 Å². The number of rotatable bonds is 6. The van der Waals surface area contributed by atoms with Gasteiger partial charge in [0.25, 0.3) is 0 Å². The topological polar surface area (TPSA) is 12.0 Å². The van der Waals surface area contributed by atoms with Crippen LogP contribution in [0.5, 0.6) is 0 Å². The molecule has 0 heterocycles. The molecule has 1 saturated carbocycles. The first-order valence-corrected chi connectivity index (χ1v) is 7.87. The van der Waals surface area contributed by atoms with Gasteiger partial charge < -0.3 is 5.32 Å². The van der Waals surface area contributed by atoms with Crippen LogP contribution < -0.4 is 5.32 Å². The van der Waals surface area contributed by atoms with E-state index in [0.29, 0.717) is 10.6 Å². The zero-order valence-electron chi connectivity index (χ0n) is 11.9. The summed E-state index contributed by atoms with van der Waals surface area (Å²) in [6.07, 6.45) is 7.27. The number of hydrogen-bond donors (Lipinski definition) is 1. The van der Waals surface area contributed by atoms with Crippen molar-refractivity contribution in [1.82, 2.24) is 5.32 Å². The molecule has 1 aliphatic carbocycles. The average Bonchev–Trinajstić information content (AvgIpc) is 2.92. The molecule has 0 aliphatic heterocycles. The molecule has 4 heteroatoms. The molecule has 0 aromatic heterocycles. The van der Waals surface area contributed by atoms with Crippen LogP contribution in [-0.4, -0.2) is 6.54 Å². The van der Waals surface area contributed by atoms with Crippen molar-refractivity contribution >= 4 is 11.6 Å². The third-order valence-electron chi connectivity index (χ3n) is 4.20. The van der Waals surface area contributed by atoms with E-state index in [1.54, 1.807) is 0 Å². The molecule has 20 heavy (non-hydrogen) atoms. The lowest BCUT2D eigenvalue weighted by atomic mass is 9.94. The van der Waals surface area contributed by atoms with Gasteiger partial charge in [0, 0.05) is 11.1 Å². The highest BCUT2D eigenvalue weighted by Gasteiger charge is 2.20. The molecule has 1 aromatic carbocycles. The van der Waals surface area contributed by atoms with Crippen molar-refractivity contribution < 1.29 is 8.78 Å². The SMILES string of the molecule is CCNC(CCC1CCCC1)c1cc(F)c(F)cc1Cl. The number of nitrogens with one attached hydrogen (secondary N) is 1. The summed E-state index contributed by atoms with van der Waals surface area (Å²) in [5.74, 6) is -0.932. The molecule has 0 amide bonds. The van der Waals surface area contributed by atoms with E-state index in [9.17, 15) is 8.78 Å². The number of benzene rings is 1. The Hall–Kier alpha value is -0.670. The molecular weight excluding hydrogens is 280 g/mol. The van der Waals surface area contributed by atoms with Gasteiger partial charge in [-0.15, -0.1) is 0 Å². The van der Waals surface area contributed by atoms with E-state index in [2.05, 4.69) is 5.32 Å². The van der Waals surface area contributed by atoms with E-state index in [1.165, 1.54) is 31.7 Å². The first-order chi connectivity index (χ1) is 9.61. The van der Waals surface area contributed by atoms with Crippen LogP contribution in [0.2, 0.25) is 5.02 Å². The van der Waals surface area contributed by atoms with Crippen molar-refractivity contribution in [2.75, 3.05) is 6.54 Å². The van der Waals surface area contributed by atoms with Crippen molar-refractivity contribution in [3.8, 4) is 0 Å². The summed E-state index contributed by atoms with van der Waals surface area (Å²) in [5.41, 5.74) is 0.672. The first kappa shape index (κ1) is 15.7. The minimum absolute atomic E-state index is 0.00296. The van der Waals surface area contributed by atoms with E-state index in [0.717, 1.165) is 31.4 Å². The minimum Gasteiger partial charge on any atom is -0.310 e. The fourth-order valence-corrected chi connectivity index (χ4v) is 3.40. The molecule has 1 atom stereocenters. The van der Waals surface area contributed by atoms with Gasteiger partial charge in [-0.1, -0.05) is 44.2 Å². The highest BCUT2D eigenvalue weighted by Crippen LogP contribution is 2.33. The Morgan fingerprint density at radius 3 is 2.55 bits per heavy atom. The Morgan fingerprint density at radius 2 is 1.90 bits per heavy atom. The zero-order chi connectivity index (χ0) is 14.5. The molecule has 2 rings (SSSR count). The van der Waals surface area contributed by atoms with Crippen molar-refractivity contribution in [2.24, 2.45) is 5.92 Å². The van der Waals surface area contributed by atoms with E-state index in [4.69, 9.17) is 11.6 Å². The maximum atomic E-state index is 13.4. The Kier molecular flexibility index (Phi) is 5.79. The molecule has 0 spiro atoms. The standard InChI is InChI=1S/C16H22ClF2N/c1-2-20-16(8-7-11-5-3-4-6-11)12-9-14(18)15(19)10-13(12)17/h9-11,16,20H,2-8H2,1H3. The number of hydrogen-bond acceptors (Lipinski definition) is 1. The molecule has 1 aliphatic rings. The fourth-order valence-electron chi connectivity index (χ4n) is 3.12. The van der Waals surface area contributed by atoms with Crippen molar-refractivity contribution in [3.05, 3.63) is 34.4 Å². The van der Waals surface area contributed by atoms with Crippen molar-refractivity contribution in [3.63, 3.8) is 0 Å². The molecule has 1 aromatic rings. The predicted octanol–water partition coefficient (Wildman–Crippen LogP) is 5.24.